The number of benzene rings is 1. The first-order valence-electron chi connectivity index (χ1n) is 14.1. The highest BCUT2D eigenvalue weighted by Crippen LogP contribution is 2.62. The van der Waals surface area contributed by atoms with E-state index in [0.717, 1.165) is 37.9 Å². The molecule has 3 nitrogen and oxygen atoms in total. The molecule has 5 atom stereocenters. The van der Waals surface area contributed by atoms with E-state index in [9.17, 15) is 39.5 Å². The van der Waals surface area contributed by atoms with E-state index in [1.165, 1.54) is 11.1 Å². The van der Waals surface area contributed by atoms with Gasteiger partial charge in [-0.25, -0.2) is 0 Å². The molecule has 0 amide bonds. The van der Waals surface area contributed by atoms with Gasteiger partial charge >= 0.3 is 24.1 Å². The highest BCUT2D eigenvalue weighted by Gasteiger charge is 2.85. The summed E-state index contributed by atoms with van der Waals surface area (Å²) in [6.45, 7) is 5.07. The maximum Gasteiger partial charge on any atom is 0.435 e. The summed E-state index contributed by atoms with van der Waals surface area (Å²) in [5.41, 5.74) is -4.47. The van der Waals surface area contributed by atoms with E-state index in [1.807, 2.05) is 13.0 Å². The molecule has 0 aliphatic heterocycles. The van der Waals surface area contributed by atoms with Crippen LogP contribution in [-0.2, 0) is 15.9 Å². The van der Waals surface area contributed by atoms with Crippen LogP contribution < -0.4 is 4.74 Å². The van der Waals surface area contributed by atoms with Crippen LogP contribution in [0.3, 0.4) is 0 Å². The van der Waals surface area contributed by atoms with Gasteiger partial charge in [0.05, 0.1) is 12.7 Å². The Kier molecular flexibility index (Phi) is 8.98. The number of ether oxygens (including phenoxy) is 3. The maximum atomic E-state index is 13.2. The van der Waals surface area contributed by atoms with Gasteiger partial charge in [0, 0.05) is 0 Å². The van der Waals surface area contributed by atoms with E-state index in [2.05, 4.69) is 30.7 Å². The van der Waals surface area contributed by atoms with Gasteiger partial charge in [-0.2, -0.15) is 39.5 Å². The van der Waals surface area contributed by atoms with Crippen LogP contribution in [0.15, 0.2) is 18.2 Å². The molecule has 0 heterocycles. The molecule has 0 aromatic heterocycles. The third kappa shape index (κ3) is 5.93. The maximum absolute atomic E-state index is 13.2. The smallest absolute Gasteiger partial charge is 0.435 e. The molecular weight excluding hydrogens is 567 g/mol. The standard InChI is InChI=1S/C29H37F9O3/c1-17(2)5-4-14-39-19-7-9-20-18(15-19)6-8-22-21(20)12-13-25(3)23(22)10-11-24(25)40-16-41-26(27(30,31)32,28(33,34)35)29(36,37)38/h7,9,15,17,21-24H,4-6,8,10-14,16H2,1-3H3. The Hall–Kier alpha value is -1.69. The average molecular weight is 605 g/mol. The van der Waals surface area contributed by atoms with Crippen molar-refractivity contribution in [3.8, 4) is 5.75 Å². The molecule has 4 rings (SSSR count). The fraction of sp³-hybridized carbons (Fsp3) is 0.793. The number of hydrogen-bond acceptors (Lipinski definition) is 3. The van der Waals surface area contributed by atoms with Crippen LogP contribution in [0.25, 0.3) is 0 Å². The van der Waals surface area contributed by atoms with E-state index in [1.54, 1.807) is 0 Å². The SMILES string of the molecule is CC(C)CCCOc1ccc2c(c1)CCC1C2CCC2(C)C(OCOC(C(F)(F)F)(C(F)(F)F)C(F)(F)F)CCC12. The summed E-state index contributed by atoms with van der Waals surface area (Å²) in [6.07, 6.45) is -15.2. The highest BCUT2D eigenvalue weighted by molar-refractivity contribution is 5.40. The first-order valence-corrected chi connectivity index (χ1v) is 14.1. The molecule has 0 bridgehead atoms. The second-order valence-electron chi connectivity index (χ2n) is 12.4. The number of halogens is 9. The molecule has 2 fully saturated rings. The zero-order chi connectivity index (χ0) is 30.4. The van der Waals surface area contributed by atoms with Gasteiger partial charge in [0.1, 0.15) is 12.5 Å². The summed E-state index contributed by atoms with van der Waals surface area (Å²) >= 11 is 0. The van der Waals surface area contributed by atoms with Crippen molar-refractivity contribution < 1.29 is 53.7 Å². The van der Waals surface area contributed by atoms with Gasteiger partial charge in [-0.15, -0.1) is 0 Å². The van der Waals surface area contributed by atoms with Crippen molar-refractivity contribution in [1.82, 2.24) is 0 Å². The van der Waals surface area contributed by atoms with Gasteiger partial charge in [-0.3, -0.25) is 0 Å². The molecule has 5 unspecified atom stereocenters. The lowest BCUT2D eigenvalue weighted by Gasteiger charge is -2.50. The van der Waals surface area contributed by atoms with Gasteiger partial charge in [-0.05, 0) is 104 Å². The Morgan fingerprint density at radius 2 is 1.56 bits per heavy atom. The molecule has 3 aliphatic rings. The molecule has 0 saturated heterocycles. The molecular formula is C29H37F9O3. The van der Waals surface area contributed by atoms with E-state index < -0.39 is 42.4 Å². The Balaban J connectivity index is 1.42. The van der Waals surface area contributed by atoms with Gasteiger partial charge in [-0.1, -0.05) is 26.8 Å². The molecule has 1 aromatic carbocycles. The summed E-state index contributed by atoms with van der Waals surface area (Å²) in [6, 6.07) is 6.14. The summed E-state index contributed by atoms with van der Waals surface area (Å²) < 4.78 is 134. The molecule has 2 saturated carbocycles. The zero-order valence-corrected chi connectivity index (χ0v) is 23.3. The van der Waals surface area contributed by atoms with Crippen LogP contribution in [0.5, 0.6) is 5.75 Å². The number of rotatable bonds is 9. The second kappa shape index (κ2) is 11.4. The van der Waals surface area contributed by atoms with Crippen molar-refractivity contribution in [3.63, 3.8) is 0 Å². The van der Waals surface area contributed by atoms with Crippen molar-refractivity contribution in [3.05, 3.63) is 29.3 Å². The third-order valence-corrected chi connectivity index (χ3v) is 9.55. The van der Waals surface area contributed by atoms with Crippen LogP contribution in [0.2, 0.25) is 0 Å². The first-order chi connectivity index (χ1) is 18.9. The van der Waals surface area contributed by atoms with Crippen LogP contribution >= 0.6 is 0 Å². The van der Waals surface area contributed by atoms with E-state index in [-0.39, 0.29) is 17.8 Å². The zero-order valence-electron chi connectivity index (χ0n) is 23.3. The lowest BCUT2D eigenvalue weighted by molar-refractivity contribution is -0.467. The summed E-state index contributed by atoms with van der Waals surface area (Å²) in [5, 5.41) is 0. The third-order valence-electron chi connectivity index (χ3n) is 9.55. The lowest BCUT2D eigenvalue weighted by atomic mass is 9.55. The molecule has 41 heavy (non-hydrogen) atoms. The quantitative estimate of drug-likeness (QED) is 0.160. The average Bonchev–Trinajstić information content (AvgIpc) is 3.17. The topological polar surface area (TPSA) is 27.7 Å². The minimum atomic E-state index is -6.78. The van der Waals surface area contributed by atoms with Crippen LogP contribution in [0, 0.1) is 23.2 Å². The number of fused-ring (bicyclic) bond motifs is 5. The largest absolute Gasteiger partial charge is 0.494 e. The lowest BCUT2D eigenvalue weighted by Crippen LogP contribution is -2.68. The molecule has 234 valence electrons. The van der Waals surface area contributed by atoms with Crippen molar-refractivity contribution in [2.75, 3.05) is 13.4 Å². The molecule has 0 N–H and O–H groups in total. The van der Waals surface area contributed by atoms with Gasteiger partial charge in [0.2, 0.25) is 0 Å². The van der Waals surface area contributed by atoms with Gasteiger partial charge in [0.15, 0.2) is 0 Å². The Morgan fingerprint density at radius 3 is 2.17 bits per heavy atom. The van der Waals surface area contributed by atoms with Crippen LogP contribution in [0.1, 0.15) is 82.8 Å². The van der Waals surface area contributed by atoms with E-state index in [4.69, 9.17) is 9.47 Å². The number of alkyl halides is 9. The molecule has 0 radical (unpaired) electrons. The Bertz CT molecular complexity index is 1010. The van der Waals surface area contributed by atoms with E-state index >= 15 is 0 Å². The number of aryl methyl sites for hydroxylation is 1. The second-order valence-corrected chi connectivity index (χ2v) is 12.4. The van der Waals surface area contributed by atoms with Gasteiger partial charge < -0.3 is 14.2 Å². The predicted octanol–water partition coefficient (Wildman–Crippen LogP) is 9.14. The summed E-state index contributed by atoms with van der Waals surface area (Å²) in [5.74, 6) is 1.98. The van der Waals surface area contributed by atoms with Crippen molar-refractivity contribution in [2.45, 2.75) is 108 Å². The highest BCUT2D eigenvalue weighted by atomic mass is 19.4. The monoisotopic (exact) mass is 604 g/mol. The fourth-order valence-corrected chi connectivity index (χ4v) is 7.49. The summed E-state index contributed by atoms with van der Waals surface area (Å²) in [7, 11) is 0. The summed E-state index contributed by atoms with van der Waals surface area (Å²) in [4.78, 5) is 0. The predicted molar refractivity (Wildman–Crippen MR) is 132 cm³/mol. The minimum absolute atomic E-state index is 0.0731. The normalized spacial score (nSPS) is 28.8. The first kappa shape index (κ1) is 32.2. The van der Waals surface area contributed by atoms with Gasteiger partial charge in [0.25, 0.3) is 0 Å². The van der Waals surface area contributed by atoms with Crippen LogP contribution in [0.4, 0.5) is 39.5 Å². The minimum Gasteiger partial charge on any atom is -0.494 e. The van der Waals surface area contributed by atoms with Crippen molar-refractivity contribution >= 4 is 0 Å². The molecule has 3 aliphatic carbocycles. The molecule has 12 heteroatoms. The fourth-order valence-electron chi connectivity index (χ4n) is 7.49. The Morgan fingerprint density at radius 1 is 0.902 bits per heavy atom. The molecule has 1 aromatic rings. The van der Waals surface area contributed by atoms with E-state index in [0.29, 0.717) is 31.8 Å². The van der Waals surface area contributed by atoms with Crippen LogP contribution in [-0.4, -0.2) is 43.6 Å². The Labute approximate surface area is 234 Å². The van der Waals surface area contributed by atoms with Crippen molar-refractivity contribution in [1.29, 1.82) is 0 Å². The number of hydrogen-bond donors (Lipinski definition) is 0. The van der Waals surface area contributed by atoms with Crippen molar-refractivity contribution in [2.24, 2.45) is 23.2 Å². The molecule has 0 spiro atoms.